The molecule has 1 heterocycles. The third-order valence-corrected chi connectivity index (χ3v) is 2.90. The van der Waals surface area contributed by atoms with Crippen molar-refractivity contribution < 1.29 is 4.79 Å². The van der Waals surface area contributed by atoms with Gasteiger partial charge in [0.05, 0.1) is 18.4 Å². The van der Waals surface area contributed by atoms with E-state index in [0.717, 1.165) is 11.1 Å². The van der Waals surface area contributed by atoms with Crippen LogP contribution in [0, 0.1) is 18.3 Å². The van der Waals surface area contributed by atoms with Crippen LogP contribution in [0.25, 0.3) is 0 Å². The summed E-state index contributed by atoms with van der Waals surface area (Å²) in [6, 6.07) is 13.5. The highest BCUT2D eigenvalue weighted by Crippen LogP contribution is 2.22. The summed E-state index contributed by atoms with van der Waals surface area (Å²) in [6.07, 6.45) is 3.62. The van der Waals surface area contributed by atoms with Crippen LogP contribution in [0.1, 0.15) is 28.3 Å². The molecule has 0 bridgehead atoms. The minimum Gasteiger partial charge on any atom is -0.294 e. The number of hydrogen-bond acceptors (Lipinski definition) is 2. The van der Waals surface area contributed by atoms with Gasteiger partial charge >= 0.3 is 0 Å². The third kappa shape index (κ3) is 2.49. The van der Waals surface area contributed by atoms with Crippen molar-refractivity contribution in [2.45, 2.75) is 19.3 Å². The number of rotatable bonds is 3. The van der Waals surface area contributed by atoms with Gasteiger partial charge in [-0.15, -0.1) is 0 Å². The molecule has 2 rings (SSSR count). The number of benzene rings is 1. The molecule has 2 aromatic rings. The second kappa shape index (κ2) is 5.33. The molecule has 0 aliphatic heterocycles. The Bertz CT molecular complexity index is 579. The molecule has 1 aromatic carbocycles. The van der Waals surface area contributed by atoms with Crippen LogP contribution >= 0.6 is 0 Å². The molecule has 0 fully saturated rings. The van der Waals surface area contributed by atoms with Gasteiger partial charge in [-0.3, -0.25) is 9.36 Å². The molecular weight excluding hydrogens is 224 g/mol. The van der Waals surface area contributed by atoms with Crippen LogP contribution in [0.15, 0.2) is 48.8 Å². The fourth-order valence-corrected chi connectivity index (χ4v) is 1.99. The van der Waals surface area contributed by atoms with Crippen LogP contribution in [0.5, 0.6) is 0 Å². The van der Waals surface area contributed by atoms with Gasteiger partial charge in [0.2, 0.25) is 5.91 Å². The van der Waals surface area contributed by atoms with Crippen molar-refractivity contribution in [2.24, 2.45) is 0 Å². The molecule has 0 aliphatic rings. The zero-order chi connectivity index (χ0) is 13.0. The Hall–Kier alpha value is -2.34. The standard InChI is InChI=1S/C15H14N2O/c1-12-5-4-6-13(11-12)14(7-8-16)15(18)17-9-2-3-10-17/h2-6,9-11,14H,7H2,1H3/t14-/m1/s1. The molecule has 0 saturated carbocycles. The minimum absolute atomic E-state index is 0.0628. The minimum atomic E-state index is -0.401. The lowest BCUT2D eigenvalue weighted by atomic mass is 9.94. The van der Waals surface area contributed by atoms with Crippen molar-refractivity contribution in [3.05, 3.63) is 59.9 Å². The zero-order valence-corrected chi connectivity index (χ0v) is 10.2. The van der Waals surface area contributed by atoms with E-state index in [0.29, 0.717) is 0 Å². The number of nitriles is 1. The van der Waals surface area contributed by atoms with Crippen LogP contribution in [0.3, 0.4) is 0 Å². The first-order valence-corrected chi connectivity index (χ1v) is 5.83. The van der Waals surface area contributed by atoms with Crippen LogP contribution in [-0.2, 0) is 0 Å². The fraction of sp³-hybridized carbons (Fsp3) is 0.200. The van der Waals surface area contributed by atoms with Gasteiger partial charge in [-0.25, -0.2) is 0 Å². The number of hydrogen-bond donors (Lipinski definition) is 0. The molecule has 0 unspecified atom stereocenters. The maximum absolute atomic E-state index is 12.3. The summed E-state index contributed by atoms with van der Waals surface area (Å²) in [5.74, 6) is -0.463. The quantitative estimate of drug-likeness (QED) is 0.824. The predicted octanol–water partition coefficient (Wildman–Crippen LogP) is 3.13. The van der Waals surface area contributed by atoms with Crippen molar-refractivity contribution in [1.82, 2.24) is 4.57 Å². The molecule has 0 spiro atoms. The Morgan fingerprint density at radius 3 is 2.67 bits per heavy atom. The first-order valence-electron chi connectivity index (χ1n) is 5.83. The topological polar surface area (TPSA) is 45.8 Å². The van der Waals surface area contributed by atoms with E-state index in [2.05, 4.69) is 6.07 Å². The van der Waals surface area contributed by atoms with Crippen molar-refractivity contribution in [3.63, 3.8) is 0 Å². The van der Waals surface area contributed by atoms with Crippen LogP contribution in [-0.4, -0.2) is 10.5 Å². The summed E-state index contributed by atoms with van der Waals surface area (Å²) < 4.78 is 1.53. The Balaban J connectivity index is 2.35. The highest BCUT2D eigenvalue weighted by Gasteiger charge is 2.21. The van der Waals surface area contributed by atoms with Crippen molar-refractivity contribution >= 4 is 5.91 Å². The summed E-state index contributed by atoms with van der Waals surface area (Å²) in [4.78, 5) is 12.3. The Kier molecular flexibility index (Phi) is 3.59. The van der Waals surface area contributed by atoms with Gasteiger partial charge < -0.3 is 0 Å². The molecule has 0 amide bonds. The molecule has 1 aromatic heterocycles. The van der Waals surface area contributed by atoms with Gasteiger partial charge in [-0.2, -0.15) is 5.26 Å². The SMILES string of the molecule is Cc1cccc([C@@H](CC#N)C(=O)n2cccc2)c1. The van der Waals surface area contributed by atoms with E-state index in [-0.39, 0.29) is 12.3 Å². The maximum Gasteiger partial charge on any atom is 0.239 e. The number of nitrogens with zero attached hydrogens (tertiary/aromatic N) is 2. The lowest BCUT2D eigenvalue weighted by Crippen LogP contribution is -2.18. The second-order valence-corrected chi connectivity index (χ2v) is 4.26. The van der Waals surface area contributed by atoms with Crippen molar-refractivity contribution in [2.75, 3.05) is 0 Å². The zero-order valence-electron chi connectivity index (χ0n) is 10.2. The van der Waals surface area contributed by atoms with Crippen LogP contribution in [0.2, 0.25) is 0 Å². The van der Waals surface area contributed by atoms with Gasteiger partial charge in [-0.1, -0.05) is 29.8 Å². The number of aromatic nitrogens is 1. The Labute approximate surface area is 106 Å². The van der Waals surface area contributed by atoms with E-state index >= 15 is 0 Å². The number of carbonyl (C=O) groups is 1. The molecule has 3 heteroatoms. The number of aryl methyl sites for hydroxylation is 1. The lowest BCUT2D eigenvalue weighted by molar-refractivity contribution is 0.0879. The van der Waals surface area contributed by atoms with Gasteiger partial charge in [0, 0.05) is 12.4 Å². The summed E-state index contributed by atoms with van der Waals surface area (Å²) in [6.45, 7) is 1.98. The highest BCUT2D eigenvalue weighted by molar-refractivity contribution is 5.86. The van der Waals surface area contributed by atoms with E-state index in [1.807, 2.05) is 31.2 Å². The molecule has 0 aliphatic carbocycles. The van der Waals surface area contributed by atoms with E-state index in [4.69, 9.17) is 5.26 Å². The molecule has 0 radical (unpaired) electrons. The third-order valence-electron chi connectivity index (χ3n) is 2.90. The number of carbonyl (C=O) groups excluding carboxylic acids is 1. The fourth-order valence-electron chi connectivity index (χ4n) is 1.99. The van der Waals surface area contributed by atoms with E-state index in [1.54, 1.807) is 24.5 Å². The van der Waals surface area contributed by atoms with Crippen LogP contribution in [0.4, 0.5) is 0 Å². The monoisotopic (exact) mass is 238 g/mol. The smallest absolute Gasteiger partial charge is 0.239 e. The van der Waals surface area contributed by atoms with Gasteiger partial charge in [-0.05, 0) is 24.6 Å². The molecule has 18 heavy (non-hydrogen) atoms. The highest BCUT2D eigenvalue weighted by atomic mass is 16.2. The predicted molar refractivity (Wildman–Crippen MR) is 69.2 cm³/mol. The summed E-state index contributed by atoms with van der Waals surface area (Å²) in [7, 11) is 0. The average Bonchev–Trinajstić information content (AvgIpc) is 2.89. The summed E-state index contributed by atoms with van der Waals surface area (Å²) >= 11 is 0. The second-order valence-electron chi connectivity index (χ2n) is 4.26. The largest absolute Gasteiger partial charge is 0.294 e. The average molecular weight is 238 g/mol. The van der Waals surface area contributed by atoms with E-state index in [9.17, 15) is 4.79 Å². The van der Waals surface area contributed by atoms with Gasteiger partial charge in [0.25, 0.3) is 0 Å². The normalized spacial score (nSPS) is 11.8. The summed E-state index contributed by atoms with van der Waals surface area (Å²) in [5.41, 5.74) is 1.99. The molecule has 0 saturated heterocycles. The van der Waals surface area contributed by atoms with Crippen LogP contribution < -0.4 is 0 Å². The molecule has 3 nitrogen and oxygen atoms in total. The van der Waals surface area contributed by atoms with E-state index < -0.39 is 5.92 Å². The Morgan fingerprint density at radius 2 is 2.06 bits per heavy atom. The maximum atomic E-state index is 12.3. The lowest BCUT2D eigenvalue weighted by Gasteiger charge is -2.14. The molecular formula is C15H14N2O. The Morgan fingerprint density at radius 1 is 1.33 bits per heavy atom. The van der Waals surface area contributed by atoms with Gasteiger partial charge in [0.15, 0.2) is 0 Å². The summed E-state index contributed by atoms with van der Waals surface area (Å²) in [5, 5.41) is 8.90. The molecule has 1 atom stereocenters. The molecule has 0 N–H and O–H groups in total. The van der Waals surface area contributed by atoms with E-state index in [1.165, 1.54) is 4.57 Å². The van der Waals surface area contributed by atoms with Gasteiger partial charge in [0.1, 0.15) is 0 Å². The first kappa shape index (κ1) is 12.1. The van der Waals surface area contributed by atoms with Crippen molar-refractivity contribution in [3.8, 4) is 6.07 Å². The molecule has 90 valence electrons. The van der Waals surface area contributed by atoms with Crippen molar-refractivity contribution in [1.29, 1.82) is 5.26 Å². The first-order chi connectivity index (χ1) is 8.72.